The number of esters is 2. The van der Waals surface area contributed by atoms with E-state index in [1.807, 2.05) is 21.1 Å². The van der Waals surface area contributed by atoms with E-state index in [4.69, 9.17) is 18.9 Å². The molecule has 0 rings (SSSR count). The van der Waals surface area contributed by atoms with Crippen LogP contribution in [-0.4, -0.2) is 82.3 Å². The highest BCUT2D eigenvalue weighted by atomic mass is 16.7. The molecule has 0 aromatic rings. The molecule has 2 atom stereocenters. The summed E-state index contributed by atoms with van der Waals surface area (Å²) < 4.78 is 22.8. The van der Waals surface area contributed by atoms with Crippen LogP contribution in [0.1, 0.15) is 271 Å². The van der Waals surface area contributed by atoms with Gasteiger partial charge >= 0.3 is 11.9 Å². The third-order valence-corrected chi connectivity index (χ3v) is 13.8. The van der Waals surface area contributed by atoms with Gasteiger partial charge in [0.2, 0.25) is 0 Å². The predicted molar refractivity (Wildman–Crippen MR) is 334 cm³/mol. The van der Waals surface area contributed by atoms with Crippen molar-refractivity contribution < 1.29 is 42.9 Å². The zero-order chi connectivity index (χ0) is 57.6. The topological polar surface area (TPSA) is 111 Å². The Balaban J connectivity index is 4.21. The van der Waals surface area contributed by atoms with Crippen molar-refractivity contribution in [3.63, 3.8) is 0 Å². The molecule has 9 nitrogen and oxygen atoms in total. The zero-order valence-electron chi connectivity index (χ0n) is 51.7. The van der Waals surface area contributed by atoms with E-state index in [1.165, 1.54) is 148 Å². The monoisotopic (exact) mass is 1100 g/mol. The number of nitrogens with zero attached hydrogens (tertiary/aromatic N) is 1. The Morgan fingerprint density at radius 3 is 1.08 bits per heavy atom. The van der Waals surface area contributed by atoms with Crippen LogP contribution < -0.4 is 5.11 Å². The minimum Gasteiger partial charge on any atom is -0.545 e. The molecule has 79 heavy (non-hydrogen) atoms. The highest BCUT2D eigenvalue weighted by Gasteiger charge is 2.22. The van der Waals surface area contributed by atoms with Gasteiger partial charge in [-0.15, -0.1) is 0 Å². The molecule has 0 radical (unpaired) electrons. The molecule has 2 unspecified atom stereocenters. The molecule has 454 valence electrons. The molecule has 0 N–H and O–H groups in total. The molecule has 0 aliphatic heterocycles. The maximum atomic E-state index is 12.9. The van der Waals surface area contributed by atoms with Gasteiger partial charge in [-0.3, -0.25) is 9.59 Å². The molecule has 0 aliphatic rings. The quantitative estimate of drug-likeness (QED) is 0.0195. The van der Waals surface area contributed by atoms with E-state index in [-0.39, 0.29) is 38.6 Å². The first-order valence-corrected chi connectivity index (χ1v) is 32.4. The van der Waals surface area contributed by atoms with Crippen molar-refractivity contribution in [3.05, 3.63) is 97.2 Å². The first-order chi connectivity index (χ1) is 38.6. The summed E-state index contributed by atoms with van der Waals surface area (Å²) in [4.78, 5) is 37.4. The van der Waals surface area contributed by atoms with Crippen LogP contribution >= 0.6 is 0 Å². The molecule has 0 heterocycles. The van der Waals surface area contributed by atoms with E-state index in [9.17, 15) is 19.5 Å². The summed E-state index contributed by atoms with van der Waals surface area (Å²) in [6, 6.07) is 0. The van der Waals surface area contributed by atoms with Crippen LogP contribution in [-0.2, 0) is 33.3 Å². The van der Waals surface area contributed by atoms with Crippen LogP contribution in [0, 0.1) is 0 Å². The summed E-state index contributed by atoms with van der Waals surface area (Å²) in [5.74, 6) is -2.29. The number of hydrogen-bond donors (Lipinski definition) is 0. The average Bonchev–Trinajstić information content (AvgIpc) is 3.42. The lowest BCUT2D eigenvalue weighted by molar-refractivity contribution is -0.870. The van der Waals surface area contributed by atoms with Gasteiger partial charge in [0.1, 0.15) is 13.2 Å². The van der Waals surface area contributed by atoms with Crippen LogP contribution in [0.4, 0.5) is 0 Å². The zero-order valence-corrected chi connectivity index (χ0v) is 51.7. The Hall–Kier alpha value is -3.79. The van der Waals surface area contributed by atoms with E-state index in [0.717, 1.165) is 89.9 Å². The van der Waals surface area contributed by atoms with Crippen LogP contribution in [0.3, 0.4) is 0 Å². The van der Waals surface area contributed by atoms with Gasteiger partial charge in [0, 0.05) is 12.8 Å². The average molecular weight is 1100 g/mol. The fraction of sp³-hybridized carbons (Fsp3) is 0.729. The van der Waals surface area contributed by atoms with Gasteiger partial charge in [0.25, 0.3) is 0 Å². The van der Waals surface area contributed by atoms with Crippen molar-refractivity contribution in [2.75, 3.05) is 47.5 Å². The van der Waals surface area contributed by atoms with Gasteiger partial charge in [-0.25, -0.2) is 0 Å². The van der Waals surface area contributed by atoms with E-state index in [0.29, 0.717) is 17.4 Å². The van der Waals surface area contributed by atoms with Crippen LogP contribution in [0.5, 0.6) is 0 Å². The van der Waals surface area contributed by atoms with Crippen LogP contribution in [0.15, 0.2) is 97.2 Å². The molecule has 0 bridgehead atoms. The summed E-state index contributed by atoms with van der Waals surface area (Å²) in [6.45, 7) is 4.63. The molecule has 0 aromatic carbocycles. The van der Waals surface area contributed by atoms with Crippen molar-refractivity contribution in [2.24, 2.45) is 0 Å². The number of carbonyl (C=O) groups excluding carboxylic acids is 3. The Morgan fingerprint density at radius 1 is 0.392 bits per heavy atom. The SMILES string of the molecule is CC/C=C\C/C=C\C/C=C\C/C=C\C/C=C\C/C=C\CCCCCCCCCCC(=O)OC(COC(=O)CCCCCCCCCCCCCCCCC/C=C\C/C=C\CCCCCCC)COC(OCC[N+](C)(C)C)C(=O)[O-]. The smallest absolute Gasteiger partial charge is 0.306 e. The third-order valence-electron chi connectivity index (χ3n) is 13.8. The maximum Gasteiger partial charge on any atom is 0.306 e. The normalized spacial score (nSPS) is 13.4. The first-order valence-electron chi connectivity index (χ1n) is 32.4. The predicted octanol–water partition coefficient (Wildman–Crippen LogP) is 18.4. The van der Waals surface area contributed by atoms with Crippen LogP contribution in [0.2, 0.25) is 0 Å². The van der Waals surface area contributed by atoms with Gasteiger partial charge in [0.15, 0.2) is 12.4 Å². The third kappa shape index (κ3) is 61.7. The van der Waals surface area contributed by atoms with Gasteiger partial charge in [-0.2, -0.15) is 0 Å². The molecule has 0 saturated heterocycles. The lowest BCUT2D eigenvalue weighted by Gasteiger charge is -2.26. The second kappa shape index (κ2) is 60.3. The lowest BCUT2D eigenvalue weighted by Crippen LogP contribution is -2.44. The van der Waals surface area contributed by atoms with E-state index >= 15 is 0 Å². The van der Waals surface area contributed by atoms with E-state index in [1.54, 1.807) is 0 Å². The number of rotatable bonds is 59. The number of hydrogen-bond acceptors (Lipinski definition) is 8. The number of carboxylic acids is 1. The molecule has 0 saturated carbocycles. The van der Waals surface area contributed by atoms with Crippen LogP contribution in [0.25, 0.3) is 0 Å². The highest BCUT2D eigenvalue weighted by molar-refractivity contribution is 5.70. The maximum absolute atomic E-state index is 12.9. The summed E-state index contributed by atoms with van der Waals surface area (Å²) in [5, 5.41) is 11.8. The standard InChI is InChI=1S/C70H121NO8/c1-6-8-10-12-14-16-18-20-22-24-26-28-30-32-34-36-38-40-42-44-46-48-50-52-54-56-58-60-67(72)77-64-66(65-78-70(69(74)75)76-63-62-71(3,4)5)79-68(73)61-59-57-55-53-51-49-47-45-43-41-39-37-35-33-31-29-27-25-23-21-19-17-15-13-11-9-7-2/h9,11,15,17-18,20-21,23-24,26-27,29,33,35,39,41,66,70H,6-8,10,12-14,16,19,22,25,28,30-32,34,36-38,40,42-65H2,1-5H3/b11-9-,17-15-,20-18-,23-21-,26-24-,29-27-,35-33-,41-39-. The summed E-state index contributed by atoms with van der Waals surface area (Å²) in [7, 11) is 5.92. The molecular formula is C70H121NO8. The fourth-order valence-electron chi connectivity index (χ4n) is 8.87. The van der Waals surface area contributed by atoms with Gasteiger partial charge in [0.05, 0.1) is 40.3 Å². The first kappa shape index (κ1) is 75.2. The molecule has 0 amide bonds. The molecule has 0 aromatic heterocycles. The Morgan fingerprint density at radius 2 is 0.722 bits per heavy atom. The summed E-state index contributed by atoms with van der Waals surface area (Å²) in [5.41, 5.74) is 0. The Bertz CT molecular complexity index is 1620. The van der Waals surface area contributed by atoms with Crippen molar-refractivity contribution in [3.8, 4) is 0 Å². The number of likely N-dealkylation sites (N-methyl/N-ethyl adjacent to an activating group) is 1. The number of quaternary nitrogens is 1. The molecule has 0 fully saturated rings. The summed E-state index contributed by atoms with van der Waals surface area (Å²) >= 11 is 0. The number of aliphatic carboxylic acids is 1. The number of unbranched alkanes of at least 4 members (excludes halogenated alkanes) is 28. The Kier molecular flexibility index (Phi) is 57.4. The van der Waals surface area contributed by atoms with Crippen molar-refractivity contribution in [1.82, 2.24) is 0 Å². The van der Waals surface area contributed by atoms with Crippen molar-refractivity contribution in [1.29, 1.82) is 0 Å². The Labute approximate surface area is 486 Å². The fourth-order valence-corrected chi connectivity index (χ4v) is 8.87. The highest BCUT2D eigenvalue weighted by Crippen LogP contribution is 2.16. The lowest BCUT2D eigenvalue weighted by atomic mass is 10.0. The van der Waals surface area contributed by atoms with Crippen molar-refractivity contribution in [2.45, 2.75) is 283 Å². The largest absolute Gasteiger partial charge is 0.545 e. The molecule has 0 spiro atoms. The van der Waals surface area contributed by atoms with E-state index < -0.39 is 24.3 Å². The number of ether oxygens (including phenoxy) is 4. The number of carbonyl (C=O) groups is 3. The molecule has 9 heteroatoms. The minimum absolute atomic E-state index is 0.142. The van der Waals surface area contributed by atoms with Gasteiger partial charge in [-0.1, -0.05) is 259 Å². The molecule has 0 aliphatic carbocycles. The number of carboxylic acid groups (broad SMARTS) is 1. The van der Waals surface area contributed by atoms with Gasteiger partial charge in [-0.05, 0) is 96.3 Å². The van der Waals surface area contributed by atoms with Crippen molar-refractivity contribution >= 4 is 17.9 Å². The second-order valence-corrected chi connectivity index (χ2v) is 22.7. The number of allylic oxidation sites excluding steroid dienone is 16. The van der Waals surface area contributed by atoms with E-state index in [2.05, 4.69) is 111 Å². The molecular weight excluding hydrogens is 983 g/mol. The summed E-state index contributed by atoms with van der Waals surface area (Å²) in [6.07, 6.45) is 78.9. The van der Waals surface area contributed by atoms with Gasteiger partial charge < -0.3 is 33.3 Å². The second-order valence-electron chi connectivity index (χ2n) is 22.7. The minimum atomic E-state index is -1.63.